The van der Waals surface area contributed by atoms with Crippen LogP contribution in [0.15, 0.2) is 46.0 Å². The molecule has 3 aliphatic heterocycles. The molecule has 0 bridgehead atoms. The molecule has 140 valence electrons. The molecule has 3 aliphatic rings. The molecule has 0 unspecified atom stereocenters. The lowest BCUT2D eigenvalue weighted by Crippen LogP contribution is -2.49. The van der Waals surface area contributed by atoms with Crippen LogP contribution in [0, 0.1) is 17.3 Å². The van der Waals surface area contributed by atoms with Gasteiger partial charge in [0.2, 0.25) is 11.8 Å². The lowest BCUT2D eigenvalue weighted by Gasteiger charge is -2.33. The lowest BCUT2D eigenvalue weighted by atomic mass is 9.80. The number of ketones is 1. The number of Topliss-reactive ketones (excluding diaryl/α,β-unsaturated/α-hetero) is 1. The van der Waals surface area contributed by atoms with E-state index in [-0.39, 0.29) is 23.6 Å². The number of benzene rings is 1. The van der Waals surface area contributed by atoms with Gasteiger partial charge in [0.25, 0.3) is 0 Å². The van der Waals surface area contributed by atoms with Crippen LogP contribution in [-0.2, 0) is 14.4 Å². The Hall–Kier alpha value is -2.28. The summed E-state index contributed by atoms with van der Waals surface area (Å²) in [6.45, 7) is 5.48. The van der Waals surface area contributed by atoms with E-state index >= 15 is 0 Å². The zero-order valence-electron chi connectivity index (χ0n) is 15.3. The first kappa shape index (κ1) is 18.1. The van der Waals surface area contributed by atoms with Crippen molar-refractivity contribution in [2.24, 2.45) is 22.4 Å². The molecule has 27 heavy (non-hydrogen) atoms. The van der Waals surface area contributed by atoms with E-state index in [1.807, 2.05) is 26.8 Å². The topological polar surface area (TPSA) is 70.0 Å². The maximum Gasteiger partial charge on any atom is 0.240 e. The van der Waals surface area contributed by atoms with Crippen LogP contribution in [0.4, 0.5) is 5.69 Å². The Balaban J connectivity index is 1.79. The maximum atomic E-state index is 13.3. The second kappa shape index (κ2) is 6.12. The molecular weight excluding hydrogens is 410 g/mol. The van der Waals surface area contributed by atoms with Crippen molar-refractivity contribution in [1.82, 2.24) is 5.01 Å². The summed E-state index contributed by atoms with van der Waals surface area (Å²) in [6, 6.07) is 5.92. The van der Waals surface area contributed by atoms with E-state index in [0.717, 1.165) is 4.47 Å². The third kappa shape index (κ3) is 2.67. The molecule has 3 heterocycles. The Bertz CT molecular complexity index is 885. The molecule has 0 aliphatic carbocycles. The molecule has 7 heteroatoms. The average molecular weight is 430 g/mol. The smallest absolute Gasteiger partial charge is 0.240 e. The monoisotopic (exact) mass is 429 g/mol. The van der Waals surface area contributed by atoms with E-state index in [9.17, 15) is 14.4 Å². The van der Waals surface area contributed by atoms with Crippen molar-refractivity contribution in [1.29, 1.82) is 0 Å². The number of anilines is 1. The largest absolute Gasteiger partial charge is 0.297 e. The second-order valence-corrected chi connectivity index (χ2v) is 9.03. The standard InChI is InChI=1S/C20H20BrN3O3/c1-20(2,3)17(25)16-15-14(13-5-4-10-22-24(13)16)18(26)23(19(15)27)12-8-6-11(21)7-9-12/h4-10,13-16H,1-3H3/t13-,14-,15-,16+/m0/s1. The molecule has 1 aromatic carbocycles. The number of hydrogen-bond donors (Lipinski definition) is 0. The summed E-state index contributed by atoms with van der Waals surface area (Å²) in [5.74, 6) is -2.00. The molecule has 6 nitrogen and oxygen atoms in total. The SMILES string of the molecule is CC(C)(C)C(=O)[C@H]1[C@H]2C(=O)N(c3ccc(Br)cc3)C(=O)[C@H]2[C@@H]2C=CC=NN21. The normalized spacial score (nSPS) is 29.3. The molecule has 2 amide bonds. The van der Waals surface area contributed by atoms with Crippen LogP contribution >= 0.6 is 15.9 Å². The Morgan fingerprint density at radius 3 is 2.33 bits per heavy atom. The van der Waals surface area contributed by atoms with Gasteiger partial charge in [0, 0.05) is 16.1 Å². The zero-order chi connectivity index (χ0) is 19.5. The van der Waals surface area contributed by atoms with Gasteiger partial charge in [-0.15, -0.1) is 0 Å². The number of fused-ring (bicyclic) bond motifs is 3. The molecule has 0 aromatic heterocycles. The van der Waals surface area contributed by atoms with Crippen LogP contribution in [0.25, 0.3) is 0 Å². The van der Waals surface area contributed by atoms with Crippen molar-refractivity contribution in [3.8, 4) is 0 Å². The summed E-state index contributed by atoms with van der Waals surface area (Å²) in [5, 5.41) is 5.99. The van der Waals surface area contributed by atoms with Crippen molar-refractivity contribution in [2.45, 2.75) is 32.9 Å². The summed E-state index contributed by atoms with van der Waals surface area (Å²) < 4.78 is 0.863. The third-order valence-corrected chi connectivity index (χ3v) is 5.91. The van der Waals surface area contributed by atoms with Gasteiger partial charge in [0.05, 0.1) is 23.6 Å². The first-order valence-electron chi connectivity index (χ1n) is 8.88. The number of hydrogen-bond acceptors (Lipinski definition) is 5. The maximum absolute atomic E-state index is 13.3. The molecule has 0 saturated carbocycles. The van der Waals surface area contributed by atoms with Crippen molar-refractivity contribution in [3.05, 3.63) is 40.9 Å². The summed E-state index contributed by atoms with van der Waals surface area (Å²) in [4.78, 5) is 40.9. The van der Waals surface area contributed by atoms with Gasteiger partial charge in [-0.3, -0.25) is 19.4 Å². The van der Waals surface area contributed by atoms with E-state index in [2.05, 4.69) is 21.0 Å². The van der Waals surface area contributed by atoms with E-state index in [0.29, 0.717) is 5.69 Å². The number of rotatable bonds is 2. The Labute approximate surface area is 166 Å². The van der Waals surface area contributed by atoms with Gasteiger partial charge in [-0.1, -0.05) is 42.8 Å². The first-order valence-corrected chi connectivity index (χ1v) is 9.68. The van der Waals surface area contributed by atoms with Crippen molar-refractivity contribution < 1.29 is 14.4 Å². The van der Waals surface area contributed by atoms with E-state index in [4.69, 9.17) is 0 Å². The van der Waals surface area contributed by atoms with Crippen molar-refractivity contribution in [2.75, 3.05) is 4.90 Å². The van der Waals surface area contributed by atoms with E-state index in [1.54, 1.807) is 41.6 Å². The van der Waals surface area contributed by atoms with Crippen LogP contribution in [0.1, 0.15) is 20.8 Å². The molecule has 2 saturated heterocycles. The lowest BCUT2D eigenvalue weighted by molar-refractivity contribution is -0.136. The van der Waals surface area contributed by atoms with Gasteiger partial charge in [-0.05, 0) is 30.3 Å². The Morgan fingerprint density at radius 1 is 1.07 bits per heavy atom. The minimum atomic E-state index is -0.738. The number of halogens is 1. The quantitative estimate of drug-likeness (QED) is 0.677. The van der Waals surface area contributed by atoms with Crippen LogP contribution in [0.5, 0.6) is 0 Å². The number of carbonyl (C=O) groups excluding carboxylic acids is 3. The van der Waals surface area contributed by atoms with Gasteiger partial charge in [-0.25, -0.2) is 4.90 Å². The molecule has 0 N–H and O–H groups in total. The van der Waals surface area contributed by atoms with E-state index < -0.39 is 23.3 Å². The highest BCUT2D eigenvalue weighted by molar-refractivity contribution is 9.10. The van der Waals surface area contributed by atoms with Crippen molar-refractivity contribution in [3.63, 3.8) is 0 Å². The fourth-order valence-electron chi connectivity index (χ4n) is 4.13. The highest BCUT2D eigenvalue weighted by atomic mass is 79.9. The van der Waals surface area contributed by atoms with Crippen LogP contribution in [0.2, 0.25) is 0 Å². The molecule has 0 radical (unpaired) electrons. The van der Waals surface area contributed by atoms with Gasteiger partial charge in [0.1, 0.15) is 6.04 Å². The first-order chi connectivity index (χ1) is 12.7. The zero-order valence-corrected chi connectivity index (χ0v) is 16.9. The minimum absolute atomic E-state index is 0.0775. The third-order valence-electron chi connectivity index (χ3n) is 5.38. The summed E-state index contributed by atoms with van der Waals surface area (Å²) in [6.07, 6.45) is 5.22. The minimum Gasteiger partial charge on any atom is -0.297 e. The predicted octanol–water partition coefficient (Wildman–Crippen LogP) is 2.78. The van der Waals surface area contributed by atoms with Gasteiger partial charge in [0.15, 0.2) is 5.78 Å². The number of carbonyl (C=O) groups is 3. The molecule has 1 aromatic rings. The van der Waals surface area contributed by atoms with E-state index in [1.165, 1.54) is 4.90 Å². The van der Waals surface area contributed by atoms with Gasteiger partial charge >= 0.3 is 0 Å². The van der Waals surface area contributed by atoms with Crippen LogP contribution in [-0.4, -0.2) is 40.9 Å². The van der Waals surface area contributed by atoms with Crippen LogP contribution in [0.3, 0.4) is 0 Å². The summed E-state index contributed by atoms with van der Waals surface area (Å²) in [7, 11) is 0. The molecular formula is C20H20BrN3O3. The second-order valence-electron chi connectivity index (χ2n) is 8.12. The van der Waals surface area contributed by atoms with Gasteiger partial charge < -0.3 is 0 Å². The predicted molar refractivity (Wildman–Crippen MR) is 105 cm³/mol. The number of hydrazone groups is 1. The fraction of sp³-hybridized carbons (Fsp3) is 0.400. The Kier molecular flexibility index (Phi) is 4.10. The number of nitrogens with zero attached hydrogens (tertiary/aromatic N) is 3. The molecule has 4 rings (SSSR count). The fourth-order valence-corrected chi connectivity index (χ4v) is 4.39. The summed E-state index contributed by atoms with van der Waals surface area (Å²) >= 11 is 3.36. The number of amides is 2. The Morgan fingerprint density at radius 2 is 1.70 bits per heavy atom. The van der Waals surface area contributed by atoms with Gasteiger partial charge in [-0.2, -0.15) is 5.10 Å². The van der Waals surface area contributed by atoms with Crippen molar-refractivity contribution >= 4 is 45.4 Å². The molecule has 0 spiro atoms. The average Bonchev–Trinajstić information content (AvgIpc) is 3.08. The number of imide groups is 1. The summed E-state index contributed by atoms with van der Waals surface area (Å²) in [5.41, 5.74) is -0.116. The number of allylic oxidation sites excluding steroid dienone is 1. The highest BCUT2D eigenvalue weighted by Crippen LogP contribution is 2.47. The molecule has 4 atom stereocenters. The highest BCUT2D eigenvalue weighted by Gasteiger charge is 2.64. The molecule has 2 fully saturated rings. The van der Waals surface area contributed by atoms with Crippen LogP contribution < -0.4 is 4.90 Å².